The molecule has 0 aliphatic carbocycles. The van der Waals surface area contributed by atoms with Crippen molar-refractivity contribution in [2.24, 2.45) is 11.6 Å². The Labute approximate surface area is 124 Å². The Balaban J connectivity index is 2.36. The number of nitrogens with one attached hydrogen (secondary N) is 2. The average molecular weight is 304 g/mol. The van der Waals surface area contributed by atoms with E-state index in [-0.39, 0.29) is 17.9 Å². The second-order valence-corrected chi connectivity index (χ2v) is 4.47. The molecule has 0 radical (unpaired) electrons. The molecular formula is C13H14N5O4+. The van der Waals surface area contributed by atoms with Crippen LogP contribution in [0.1, 0.15) is 26.5 Å². The first-order valence-electron chi connectivity index (χ1n) is 6.17. The largest absolute Gasteiger partial charge is 0.503 e. The van der Waals surface area contributed by atoms with Crippen LogP contribution in [-0.4, -0.2) is 21.9 Å². The summed E-state index contributed by atoms with van der Waals surface area (Å²) < 4.78 is 1.58. The number of carbonyl (C=O) groups excluding carboxylic acids is 2. The van der Waals surface area contributed by atoms with Crippen LogP contribution in [-0.2, 0) is 6.54 Å². The van der Waals surface area contributed by atoms with Gasteiger partial charge in [-0.15, -0.1) is 0 Å². The Morgan fingerprint density at radius 2 is 1.95 bits per heavy atom. The molecule has 0 atom stereocenters. The minimum Gasteiger partial charge on any atom is -0.503 e. The van der Waals surface area contributed by atoms with Crippen molar-refractivity contribution in [3.63, 3.8) is 0 Å². The molecule has 22 heavy (non-hydrogen) atoms. The standard InChI is InChI=1S/C13H13N5O4/c14-12(21)7-1-3-18(4-2-7)6-9-11(20)10(19)5-8(16-9)13(22)17-15/h1-5H,6,14H2,(H4,15,16,17,19,20,21,22)/p+1. The number of H-pyrrole nitrogens is 1. The molecule has 0 unspecified atom stereocenters. The fraction of sp³-hybridized carbons (Fsp3) is 0.0769. The minimum atomic E-state index is -0.707. The summed E-state index contributed by atoms with van der Waals surface area (Å²) in [6.45, 7) is 0.0752. The Hall–Kier alpha value is -3.20. The number of hydrazine groups is 1. The predicted octanol–water partition coefficient (Wildman–Crippen LogP) is -1.88. The van der Waals surface area contributed by atoms with E-state index in [9.17, 15) is 19.5 Å². The monoisotopic (exact) mass is 304 g/mol. The van der Waals surface area contributed by atoms with Crippen molar-refractivity contribution < 1.29 is 19.3 Å². The van der Waals surface area contributed by atoms with Gasteiger partial charge in [-0.3, -0.25) is 19.8 Å². The van der Waals surface area contributed by atoms with Gasteiger partial charge in [-0.05, 0) is 0 Å². The van der Waals surface area contributed by atoms with Crippen LogP contribution in [0, 0.1) is 0 Å². The first-order valence-corrected chi connectivity index (χ1v) is 6.17. The van der Waals surface area contributed by atoms with Crippen LogP contribution in [0.3, 0.4) is 0 Å². The summed E-state index contributed by atoms with van der Waals surface area (Å²) in [5, 5.41) is 9.79. The Morgan fingerprint density at radius 3 is 2.50 bits per heavy atom. The van der Waals surface area contributed by atoms with Crippen molar-refractivity contribution in [2.45, 2.75) is 6.54 Å². The van der Waals surface area contributed by atoms with Crippen LogP contribution in [0.4, 0.5) is 0 Å². The molecule has 9 nitrogen and oxygen atoms in total. The Morgan fingerprint density at radius 1 is 1.32 bits per heavy atom. The van der Waals surface area contributed by atoms with E-state index in [0.29, 0.717) is 5.56 Å². The molecule has 2 rings (SSSR count). The lowest BCUT2D eigenvalue weighted by Gasteiger charge is -2.05. The number of nitrogen functional groups attached to an aromatic ring is 1. The van der Waals surface area contributed by atoms with Gasteiger partial charge in [-0.25, -0.2) is 5.84 Å². The molecule has 0 bridgehead atoms. The molecule has 9 heteroatoms. The Bertz CT molecular complexity index is 782. The summed E-state index contributed by atoms with van der Waals surface area (Å²) in [5.74, 6) is 3.25. The van der Waals surface area contributed by atoms with E-state index in [1.54, 1.807) is 17.0 Å². The topological polar surface area (TPSA) is 155 Å². The SMILES string of the molecule is NNC(=O)c1cc(=O)c(O)c(C[n+]2ccc(C(N)=O)cc2)[nH]1. The van der Waals surface area contributed by atoms with Crippen molar-refractivity contribution in [2.75, 3.05) is 0 Å². The third-order valence-corrected chi connectivity index (χ3v) is 2.97. The zero-order chi connectivity index (χ0) is 16.3. The lowest BCUT2D eigenvalue weighted by Crippen LogP contribution is -2.36. The first-order chi connectivity index (χ1) is 10.4. The number of aromatic amines is 1. The summed E-state index contributed by atoms with van der Waals surface area (Å²) in [7, 11) is 0. The maximum atomic E-state index is 11.7. The van der Waals surface area contributed by atoms with Gasteiger partial charge >= 0.3 is 0 Å². The fourth-order valence-corrected chi connectivity index (χ4v) is 1.83. The molecule has 2 amide bonds. The van der Waals surface area contributed by atoms with Crippen molar-refractivity contribution >= 4 is 11.8 Å². The van der Waals surface area contributed by atoms with Crippen LogP contribution >= 0.6 is 0 Å². The minimum absolute atomic E-state index is 0.0744. The second-order valence-electron chi connectivity index (χ2n) is 4.47. The maximum Gasteiger partial charge on any atom is 0.281 e. The van der Waals surface area contributed by atoms with Gasteiger partial charge in [0.15, 0.2) is 24.7 Å². The van der Waals surface area contributed by atoms with Crippen molar-refractivity contribution in [3.8, 4) is 5.75 Å². The number of pyridine rings is 2. The van der Waals surface area contributed by atoms with E-state index >= 15 is 0 Å². The molecule has 7 N–H and O–H groups in total. The highest BCUT2D eigenvalue weighted by Gasteiger charge is 2.16. The smallest absolute Gasteiger partial charge is 0.281 e. The van der Waals surface area contributed by atoms with Gasteiger partial charge in [0.1, 0.15) is 11.4 Å². The fourth-order valence-electron chi connectivity index (χ4n) is 1.83. The molecule has 2 aromatic heterocycles. The highest BCUT2D eigenvalue weighted by atomic mass is 16.3. The van der Waals surface area contributed by atoms with E-state index in [0.717, 1.165) is 6.07 Å². The third-order valence-electron chi connectivity index (χ3n) is 2.97. The molecule has 0 saturated heterocycles. The number of nitrogens with zero attached hydrogens (tertiary/aromatic N) is 1. The van der Waals surface area contributed by atoms with Crippen LogP contribution in [0.25, 0.3) is 0 Å². The van der Waals surface area contributed by atoms with Gasteiger partial charge in [0.05, 0.1) is 5.56 Å². The quantitative estimate of drug-likeness (QED) is 0.193. The zero-order valence-electron chi connectivity index (χ0n) is 11.4. The molecule has 2 aromatic rings. The molecule has 0 fully saturated rings. The summed E-state index contributed by atoms with van der Waals surface area (Å²) in [6.07, 6.45) is 3.10. The Kier molecular flexibility index (Phi) is 4.18. The number of nitrogens with two attached hydrogens (primary N) is 2. The van der Waals surface area contributed by atoms with Crippen LogP contribution < -0.4 is 27.0 Å². The van der Waals surface area contributed by atoms with Gasteiger partial charge in [0.2, 0.25) is 11.3 Å². The van der Waals surface area contributed by atoms with E-state index in [2.05, 4.69) is 4.98 Å². The van der Waals surface area contributed by atoms with Gasteiger partial charge in [0.25, 0.3) is 5.91 Å². The van der Waals surface area contributed by atoms with Gasteiger partial charge in [-0.1, -0.05) is 0 Å². The number of primary amides is 1. The summed E-state index contributed by atoms with van der Waals surface area (Å²) in [6, 6.07) is 3.93. The number of carbonyl (C=O) groups is 2. The van der Waals surface area contributed by atoms with Gasteiger partial charge in [0, 0.05) is 18.2 Å². The molecule has 0 aromatic carbocycles. The molecule has 114 valence electrons. The average Bonchev–Trinajstić information content (AvgIpc) is 2.51. The predicted molar refractivity (Wildman–Crippen MR) is 74.6 cm³/mol. The van der Waals surface area contributed by atoms with Gasteiger partial charge in [-0.2, -0.15) is 4.57 Å². The molecule has 0 aliphatic heterocycles. The number of hydrogen-bond donors (Lipinski definition) is 5. The number of hydrogen-bond acceptors (Lipinski definition) is 5. The lowest BCUT2D eigenvalue weighted by atomic mass is 10.2. The highest BCUT2D eigenvalue weighted by molar-refractivity contribution is 5.92. The van der Waals surface area contributed by atoms with E-state index in [1.807, 2.05) is 5.43 Å². The van der Waals surface area contributed by atoms with E-state index < -0.39 is 23.0 Å². The number of rotatable bonds is 4. The number of aromatic nitrogens is 2. The number of amides is 2. The van der Waals surface area contributed by atoms with Crippen LogP contribution in [0.15, 0.2) is 35.4 Å². The summed E-state index contributed by atoms with van der Waals surface area (Å²) >= 11 is 0. The van der Waals surface area contributed by atoms with Crippen molar-refractivity contribution in [3.05, 3.63) is 57.8 Å². The van der Waals surface area contributed by atoms with Gasteiger partial charge < -0.3 is 15.8 Å². The summed E-state index contributed by atoms with van der Waals surface area (Å²) in [4.78, 5) is 36.7. The van der Waals surface area contributed by atoms with Crippen LogP contribution in [0.2, 0.25) is 0 Å². The summed E-state index contributed by atoms with van der Waals surface area (Å²) in [5.41, 5.74) is 6.70. The maximum absolute atomic E-state index is 11.7. The molecule has 0 aliphatic rings. The highest BCUT2D eigenvalue weighted by Crippen LogP contribution is 2.09. The van der Waals surface area contributed by atoms with Crippen LogP contribution in [0.5, 0.6) is 5.75 Å². The molecular weight excluding hydrogens is 290 g/mol. The third kappa shape index (κ3) is 3.10. The van der Waals surface area contributed by atoms with E-state index in [4.69, 9.17) is 11.6 Å². The lowest BCUT2D eigenvalue weighted by molar-refractivity contribution is -0.688. The molecule has 0 spiro atoms. The number of aromatic hydroxyl groups is 1. The zero-order valence-corrected chi connectivity index (χ0v) is 11.4. The van der Waals surface area contributed by atoms with Crippen molar-refractivity contribution in [1.82, 2.24) is 10.4 Å². The molecule has 0 saturated carbocycles. The first kappa shape index (κ1) is 15.2. The normalized spacial score (nSPS) is 10.2. The second kappa shape index (κ2) is 6.06. The van der Waals surface area contributed by atoms with Crippen molar-refractivity contribution in [1.29, 1.82) is 0 Å². The molecule has 2 heterocycles. The van der Waals surface area contributed by atoms with E-state index in [1.165, 1.54) is 12.1 Å².